The SMILES string of the molecule is C=CCCCOC=CC. The van der Waals surface area contributed by atoms with Crippen LogP contribution in [0.15, 0.2) is 25.0 Å². The molecule has 0 rings (SSSR count). The summed E-state index contributed by atoms with van der Waals surface area (Å²) < 4.78 is 5.06. The predicted molar refractivity (Wildman–Crippen MR) is 40.2 cm³/mol. The third-order valence-corrected chi connectivity index (χ3v) is 0.903. The summed E-state index contributed by atoms with van der Waals surface area (Å²) in [6.45, 7) is 6.34. The van der Waals surface area contributed by atoms with Crippen LogP contribution >= 0.6 is 0 Å². The summed E-state index contributed by atoms with van der Waals surface area (Å²) in [5.74, 6) is 0. The van der Waals surface area contributed by atoms with E-state index in [0.717, 1.165) is 19.4 Å². The molecule has 0 saturated carbocycles. The van der Waals surface area contributed by atoms with Gasteiger partial charge in [0.05, 0.1) is 12.9 Å². The number of unbranched alkanes of at least 4 members (excludes halogenated alkanes) is 1. The molecule has 0 bridgehead atoms. The second-order valence-electron chi connectivity index (χ2n) is 1.77. The van der Waals surface area contributed by atoms with Crippen LogP contribution in [0.25, 0.3) is 0 Å². The molecule has 9 heavy (non-hydrogen) atoms. The largest absolute Gasteiger partial charge is 0.502 e. The Kier molecular flexibility index (Phi) is 6.70. The van der Waals surface area contributed by atoms with Crippen LogP contribution < -0.4 is 0 Å². The Balaban J connectivity index is 2.82. The molecule has 0 radical (unpaired) electrons. The molecule has 0 unspecified atom stereocenters. The van der Waals surface area contributed by atoms with E-state index in [4.69, 9.17) is 4.74 Å². The summed E-state index contributed by atoms with van der Waals surface area (Å²) in [4.78, 5) is 0. The van der Waals surface area contributed by atoms with Crippen molar-refractivity contribution in [2.24, 2.45) is 0 Å². The lowest BCUT2D eigenvalue weighted by Gasteiger charge is -1.95. The van der Waals surface area contributed by atoms with Crippen LogP contribution in [-0.2, 0) is 4.74 Å². The molecule has 0 amide bonds. The van der Waals surface area contributed by atoms with Gasteiger partial charge in [-0.05, 0) is 19.8 Å². The van der Waals surface area contributed by atoms with Gasteiger partial charge in [0.25, 0.3) is 0 Å². The highest BCUT2D eigenvalue weighted by atomic mass is 16.5. The maximum absolute atomic E-state index is 5.06. The van der Waals surface area contributed by atoms with Crippen LogP contribution in [0.3, 0.4) is 0 Å². The van der Waals surface area contributed by atoms with E-state index in [1.807, 2.05) is 19.1 Å². The minimum atomic E-state index is 0.802. The van der Waals surface area contributed by atoms with Gasteiger partial charge in [-0.25, -0.2) is 0 Å². The summed E-state index contributed by atoms with van der Waals surface area (Å²) in [7, 11) is 0. The molecule has 0 aliphatic rings. The van der Waals surface area contributed by atoms with Gasteiger partial charge in [-0.1, -0.05) is 12.2 Å². The van der Waals surface area contributed by atoms with Gasteiger partial charge in [-0.3, -0.25) is 0 Å². The first-order valence-electron chi connectivity index (χ1n) is 3.25. The number of hydrogen-bond donors (Lipinski definition) is 0. The highest BCUT2D eigenvalue weighted by Crippen LogP contribution is 1.89. The van der Waals surface area contributed by atoms with Crippen LogP contribution in [0, 0.1) is 0 Å². The Bertz CT molecular complexity index is 84.6. The number of hydrogen-bond acceptors (Lipinski definition) is 1. The molecule has 0 aromatic heterocycles. The number of ether oxygens (including phenoxy) is 1. The fourth-order valence-corrected chi connectivity index (χ4v) is 0.475. The Morgan fingerprint density at radius 1 is 1.56 bits per heavy atom. The summed E-state index contributed by atoms with van der Waals surface area (Å²) in [5.41, 5.74) is 0. The highest BCUT2D eigenvalue weighted by Gasteiger charge is 1.79. The van der Waals surface area contributed by atoms with Gasteiger partial charge in [0.15, 0.2) is 0 Å². The maximum atomic E-state index is 5.06. The van der Waals surface area contributed by atoms with E-state index in [0.29, 0.717) is 0 Å². The Labute approximate surface area is 57.0 Å². The van der Waals surface area contributed by atoms with Gasteiger partial charge < -0.3 is 4.74 Å². The van der Waals surface area contributed by atoms with Crippen LogP contribution in [0.5, 0.6) is 0 Å². The summed E-state index contributed by atoms with van der Waals surface area (Å²) >= 11 is 0. The molecule has 0 heterocycles. The van der Waals surface area contributed by atoms with Gasteiger partial charge in [0, 0.05) is 0 Å². The van der Waals surface area contributed by atoms with Crippen molar-refractivity contribution in [1.82, 2.24) is 0 Å². The number of allylic oxidation sites excluding steroid dienone is 2. The summed E-state index contributed by atoms with van der Waals surface area (Å²) in [5, 5.41) is 0. The van der Waals surface area contributed by atoms with Crippen molar-refractivity contribution >= 4 is 0 Å². The lowest BCUT2D eigenvalue weighted by atomic mass is 10.3. The van der Waals surface area contributed by atoms with Crippen molar-refractivity contribution in [3.05, 3.63) is 25.0 Å². The first-order valence-corrected chi connectivity index (χ1v) is 3.25. The zero-order chi connectivity index (χ0) is 6.95. The molecule has 0 aliphatic carbocycles. The maximum Gasteiger partial charge on any atom is 0.0876 e. The Hall–Kier alpha value is -0.720. The van der Waals surface area contributed by atoms with E-state index in [-0.39, 0.29) is 0 Å². The molecule has 0 N–H and O–H groups in total. The van der Waals surface area contributed by atoms with Crippen molar-refractivity contribution in [2.75, 3.05) is 6.61 Å². The van der Waals surface area contributed by atoms with Gasteiger partial charge in [0.1, 0.15) is 0 Å². The standard InChI is InChI=1S/C8H14O/c1-3-5-6-8-9-7-4-2/h3-4,7H,1,5-6,8H2,2H3. The van der Waals surface area contributed by atoms with Crippen molar-refractivity contribution in [3.63, 3.8) is 0 Å². The van der Waals surface area contributed by atoms with E-state index < -0.39 is 0 Å². The highest BCUT2D eigenvalue weighted by molar-refractivity contribution is 4.67. The minimum absolute atomic E-state index is 0.802. The molecule has 0 atom stereocenters. The van der Waals surface area contributed by atoms with Crippen LogP contribution in [0.1, 0.15) is 19.8 Å². The lowest BCUT2D eigenvalue weighted by molar-refractivity contribution is 0.245. The fourth-order valence-electron chi connectivity index (χ4n) is 0.475. The average molecular weight is 126 g/mol. The van der Waals surface area contributed by atoms with Crippen LogP contribution in [0.2, 0.25) is 0 Å². The zero-order valence-electron chi connectivity index (χ0n) is 5.97. The quantitative estimate of drug-likeness (QED) is 0.312. The third-order valence-electron chi connectivity index (χ3n) is 0.903. The molecule has 1 heteroatoms. The molecular weight excluding hydrogens is 112 g/mol. The first-order chi connectivity index (χ1) is 4.41. The molecule has 0 aromatic carbocycles. The van der Waals surface area contributed by atoms with Gasteiger partial charge in [-0.15, -0.1) is 6.58 Å². The molecule has 0 aliphatic heterocycles. The van der Waals surface area contributed by atoms with Crippen molar-refractivity contribution < 1.29 is 4.74 Å². The monoisotopic (exact) mass is 126 g/mol. The first kappa shape index (κ1) is 8.28. The zero-order valence-corrected chi connectivity index (χ0v) is 5.97. The van der Waals surface area contributed by atoms with Crippen LogP contribution in [-0.4, -0.2) is 6.61 Å². The number of rotatable bonds is 5. The molecule has 1 nitrogen and oxygen atoms in total. The third kappa shape index (κ3) is 7.28. The normalized spacial score (nSPS) is 9.89. The fraction of sp³-hybridized carbons (Fsp3) is 0.500. The molecule has 0 aromatic rings. The van der Waals surface area contributed by atoms with E-state index in [1.165, 1.54) is 0 Å². The van der Waals surface area contributed by atoms with Crippen molar-refractivity contribution in [2.45, 2.75) is 19.8 Å². The molecular formula is C8H14O. The van der Waals surface area contributed by atoms with E-state index >= 15 is 0 Å². The van der Waals surface area contributed by atoms with E-state index in [9.17, 15) is 0 Å². The molecule has 0 fully saturated rings. The molecule has 0 saturated heterocycles. The summed E-state index contributed by atoms with van der Waals surface area (Å²) in [6.07, 6.45) is 7.60. The van der Waals surface area contributed by atoms with E-state index in [2.05, 4.69) is 6.58 Å². The molecule has 52 valence electrons. The van der Waals surface area contributed by atoms with E-state index in [1.54, 1.807) is 6.26 Å². The van der Waals surface area contributed by atoms with Gasteiger partial charge in [-0.2, -0.15) is 0 Å². The Morgan fingerprint density at radius 3 is 2.89 bits per heavy atom. The molecule has 0 spiro atoms. The lowest BCUT2D eigenvalue weighted by Crippen LogP contribution is -1.84. The summed E-state index contributed by atoms with van der Waals surface area (Å²) in [6, 6.07) is 0. The Morgan fingerprint density at radius 2 is 2.33 bits per heavy atom. The average Bonchev–Trinajstić information content (AvgIpc) is 1.89. The van der Waals surface area contributed by atoms with Gasteiger partial charge >= 0.3 is 0 Å². The predicted octanol–water partition coefficient (Wildman–Crippen LogP) is 2.50. The van der Waals surface area contributed by atoms with Crippen molar-refractivity contribution in [1.29, 1.82) is 0 Å². The topological polar surface area (TPSA) is 9.23 Å². The smallest absolute Gasteiger partial charge is 0.0876 e. The second kappa shape index (κ2) is 7.28. The van der Waals surface area contributed by atoms with Gasteiger partial charge in [0.2, 0.25) is 0 Å². The minimum Gasteiger partial charge on any atom is -0.502 e. The van der Waals surface area contributed by atoms with Crippen molar-refractivity contribution in [3.8, 4) is 0 Å². The van der Waals surface area contributed by atoms with Crippen LogP contribution in [0.4, 0.5) is 0 Å². The second-order valence-corrected chi connectivity index (χ2v) is 1.77.